The zero-order valence-electron chi connectivity index (χ0n) is 21.1. The molecule has 192 valence electrons. The molecule has 0 aliphatic carbocycles. The van der Waals surface area contributed by atoms with Gasteiger partial charge in [0.1, 0.15) is 5.60 Å². The van der Waals surface area contributed by atoms with Crippen LogP contribution in [0.1, 0.15) is 47.0 Å². The Morgan fingerprint density at radius 3 is 2.83 bits per heavy atom. The number of alkyl carbamates (subject to hydrolysis) is 1. The van der Waals surface area contributed by atoms with Gasteiger partial charge in [-0.2, -0.15) is 0 Å². The predicted molar refractivity (Wildman–Crippen MR) is 133 cm³/mol. The first-order valence-electron chi connectivity index (χ1n) is 12.0. The molecular weight excluding hydrogens is 470 g/mol. The molecule has 4 rings (SSSR count). The van der Waals surface area contributed by atoms with Crippen molar-refractivity contribution in [1.82, 2.24) is 19.7 Å². The Labute approximate surface area is 210 Å². The van der Waals surface area contributed by atoms with Gasteiger partial charge in [-0.3, -0.25) is 9.20 Å². The van der Waals surface area contributed by atoms with E-state index in [1.807, 2.05) is 31.4 Å². The molecule has 4 heterocycles. The average molecular weight is 506 g/mol. The van der Waals surface area contributed by atoms with E-state index in [0.717, 1.165) is 35.9 Å². The molecule has 10 nitrogen and oxygen atoms in total. The minimum Gasteiger partial charge on any atom is -0.469 e. The lowest BCUT2D eigenvalue weighted by molar-refractivity contribution is -0.140. The number of nitrogens with one attached hydrogen (secondary N) is 1. The molecule has 2 aliphatic heterocycles. The normalized spacial score (nSPS) is 24.7. The van der Waals surface area contributed by atoms with Gasteiger partial charge in [0.2, 0.25) is 5.95 Å². The van der Waals surface area contributed by atoms with Crippen LogP contribution in [0.25, 0.3) is 5.65 Å². The second kappa shape index (κ2) is 10.2. The number of hydrogen-bond donors (Lipinski definition) is 1. The number of methoxy groups -OCH3 is 1. The van der Waals surface area contributed by atoms with Gasteiger partial charge in [-0.15, -0.1) is 11.8 Å². The Kier molecular flexibility index (Phi) is 7.46. The van der Waals surface area contributed by atoms with E-state index in [9.17, 15) is 9.59 Å². The summed E-state index contributed by atoms with van der Waals surface area (Å²) in [6, 6.07) is -0.148. The van der Waals surface area contributed by atoms with Crippen molar-refractivity contribution < 1.29 is 23.8 Å². The largest absolute Gasteiger partial charge is 0.469 e. The zero-order chi connectivity index (χ0) is 25.2. The number of piperidine rings is 1. The number of thioether (sulfide) groups is 1. The molecule has 2 aliphatic rings. The lowest BCUT2D eigenvalue weighted by Gasteiger charge is -2.45. The van der Waals surface area contributed by atoms with Crippen LogP contribution in [0.3, 0.4) is 0 Å². The highest BCUT2D eigenvalue weighted by atomic mass is 32.2. The number of carbonyl (C=O) groups excluding carboxylic acids is 2. The molecule has 2 aromatic rings. The van der Waals surface area contributed by atoms with Crippen LogP contribution in [0.15, 0.2) is 23.5 Å². The standard InChI is InChI=1S/C24H35N5O5S/c1-16-12-24(15-33-16)7-9-28(14-18(24)27-22(31)34-23(2,3)4)21-26-13-17(20-25-8-10-29(20)21)35-11-6-19(30)32-5/h8,10,13,16,18H,6-7,9,11-12,14-15H2,1-5H3,(H,27,31)/t16-,18?,24?/m0/s1. The number of hydrogen-bond acceptors (Lipinski definition) is 9. The monoisotopic (exact) mass is 505 g/mol. The Bertz CT molecular complexity index is 1070. The van der Waals surface area contributed by atoms with E-state index in [1.54, 1.807) is 12.4 Å². The van der Waals surface area contributed by atoms with E-state index in [1.165, 1.54) is 18.9 Å². The highest BCUT2D eigenvalue weighted by Crippen LogP contribution is 2.43. The molecule has 0 radical (unpaired) electrons. The number of carbonyl (C=O) groups is 2. The average Bonchev–Trinajstić information content (AvgIpc) is 3.42. The van der Waals surface area contributed by atoms with Crippen molar-refractivity contribution in [2.75, 3.05) is 37.5 Å². The van der Waals surface area contributed by atoms with E-state index >= 15 is 0 Å². The third-order valence-electron chi connectivity index (χ3n) is 6.51. The molecule has 35 heavy (non-hydrogen) atoms. The number of esters is 1. The highest BCUT2D eigenvalue weighted by Gasteiger charge is 2.49. The minimum absolute atomic E-state index is 0.134. The van der Waals surface area contributed by atoms with Crippen molar-refractivity contribution in [3.63, 3.8) is 0 Å². The first kappa shape index (κ1) is 25.6. The molecule has 3 atom stereocenters. The maximum absolute atomic E-state index is 12.7. The molecule has 11 heteroatoms. The SMILES string of the molecule is COC(=O)CCSc1cnc(N2CCC3(CO[C@@H](C)C3)C(NC(=O)OC(C)(C)C)C2)n2ccnc12. The number of amides is 1. The summed E-state index contributed by atoms with van der Waals surface area (Å²) in [5.41, 5.74) is 0.0845. The smallest absolute Gasteiger partial charge is 0.407 e. The Morgan fingerprint density at radius 2 is 2.14 bits per heavy atom. The molecular formula is C24H35N5O5S. The van der Waals surface area contributed by atoms with Gasteiger partial charge in [-0.1, -0.05) is 0 Å². The van der Waals surface area contributed by atoms with Crippen molar-refractivity contribution in [2.45, 2.75) is 69.6 Å². The maximum atomic E-state index is 12.7. The van der Waals surface area contributed by atoms with Crippen LogP contribution in [-0.2, 0) is 19.0 Å². The number of ether oxygens (including phenoxy) is 3. The lowest BCUT2D eigenvalue weighted by atomic mass is 9.73. The summed E-state index contributed by atoms with van der Waals surface area (Å²) < 4.78 is 18.2. The second-order valence-electron chi connectivity index (χ2n) is 10.3. The quantitative estimate of drug-likeness (QED) is 0.467. The third kappa shape index (κ3) is 5.83. The summed E-state index contributed by atoms with van der Waals surface area (Å²) in [5, 5.41) is 3.14. The van der Waals surface area contributed by atoms with Crippen molar-refractivity contribution in [1.29, 1.82) is 0 Å². The molecule has 1 spiro atoms. The van der Waals surface area contributed by atoms with Crippen LogP contribution >= 0.6 is 11.8 Å². The topological polar surface area (TPSA) is 107 Å². The summed E-state index contributed by atoms with van der Waals surface area (Å²) in [6.07, 6.45) is 7.27. The second-order valence-corrected chi connectivity index (χ2v) is 11.4. The fraction of sp³-hybridized carbons (Fsp3) is 0.667. The number of rotatable bonds is 6. The van der Waals surface area contributed by atoms with Crippen LogP contribution in [0, 0.1) is 5.41 Å². The van der Waals surface area contributed by atoms with E-state index in [4.69, 9.17) is 19.2 Å². The van der Waals surface area contributed by atoms with Crippen LogP contribution in [0.2, 0.25) is 0 Å². The molecule has 2 saturated heterocycles. The van der Waals surface area contributed by atoms with Gasteiger partial charge in [0.15, 0.2) is 5.65 Å². The summed E-state index contributed by atoms with van der Waals surface area (Å²) >= 11 is 1.53. The number of anilines is 1. The van der Waals surface area contributed by atoms with Gasteiger partial charge in [-0.25, -0.2) is 14.8 Å². The maximum Gasteiger partial charge on any atom is 0.407 e. The van der Waals surface area contributed by atoms with E-state index < -0.39 is 11.7 Å². The molecule has 0 aromatic carbocycles. The first-order chi connectivity index (χ1) is 16.6. The summed E-state index contributed by atoms with van der Waals surface area (Å²) in [5.74, 6) is 1.12. The van der Waals surface area contributed by atoms with Crippen LogP contribution in [-0.4, -0.2) is 76.7 Å². The van der Waals surface area contributed by atoms with Crippen LogP contribution < -0.4 is 10.2 Å². The fourth-order valence-electron chi connectivity index (χ4n) is 4.85. The molecule has 1 N–H and O–H groups in total. The first-order valence-corrected chi connectivity index (χ1v) is 13.0. The van der Waals surface area contributed by atoms with E-state index in [2.05, 4.69) is 22.1 Å². The van der Waals surface area contributed by atoms with Crippen molar-refractivity contribution in [2.24, 2.45) is 5.41 Å². The molecule has 2 unspecified atom stereocenters. The molecule has 1 amide bonds. The van der Waals surface area contributed by atoms with Crippen LogP contribution in [0.4, 0.5) is 10.7 Å². The predicted octanol–water partition coefficient (Wildman–Crippen LogP) is 3.28. The minimum atomic E-state index is -0.572. The molecule has 0 saturated carbocycles. The zero-order valence-corrected chi connectivity index (χ0v) is 21.9. The Hall–Kier alpha value is -2.53. The highest BCUT2D eigenvalue weighted by molar-refractivity contribution is 7.99. The summed E-state index contributed by atoms with van der Waals surface area (Å²) in [7, 11) is 1.39. The van der Waals surface area contributed by atoms with Crippen molar-refractivity contribution in [3.8, 4) is 0 Å². The van der Waals surface area contributed by atoms with E-state index in [0.29, 0.717) is 25.3 Å². The lowest BCUT2D eigenvalue weighted by Crippen LogP contribution is -2.60. The van der Waals surface area contributed by atoms with Crippen LogP contribution in [0.5, 0.6) is 0 Å². The fourth-order valence-corrected chi connectivity index (χ4v) is 5.74. The van der Waals surface area contributed by atoms with Gasteiger partial charge < -0.3 is 24.4 Å². The number of aromatic nitrogens is 3. The van der Waals surface area contributed by atoms with Gasteiger partial charge in [0.25, 0.3) is 0 Å². The summed E-state index contributed by atoms with van der Waals surface area (Å²) in [6.45, 7) is 9.66. The van der Waals surface area contributed by atoms with Gasteiger partial charge in [0, 0.05) is 42.8 Å². The van der Waals surface area contributed by atoms with Gasteiger partial charge in [-0.05, 0) is 40.5 Å². The van der Waals surface area contributed by atoms with E-state index in [-0.39, 0.29) is 23.5 Å². The van der Waals surface area contributed by atoms with Crippen molar-refractivity contribution >= 4 is 35.4 Å². The number of imidazole rings is 1. The number of fused-ring (bicyclic) bond motifs is 1. The Morgan fingerprint density at radius 1 is 1.34 bits per heavy atom. The summed E-state index contributed by atoms with van der Waals surface area (Å²) in [4.78, 5) is 36.6. The van der Waals surface area contributed by atoms with Gasteiger partial charge >= 0.3 is 12.1 Å². The third-order valence-corrected chi connectivity index (χ3v) is 7.52. The molecule has 2 aromatic heterocycles. The Balaban J connectivity index is 1.54. The van der Waals surface area contributed by atoms with Gasteiger partial charge in [0.05, 0.1) is 37.2 Å². The number of nitrogens with zero attached hydrogens (tertiary/aromatic N) is 4. The molecule has 0 bridgehead atoms. The molecule has 2 fully saturated rings. The van der Waals surface area contributed by atoms with Crippen molar-refractivity contribution in [3.05, 3.63) is 18.6 Å².